The fraction of sp³-hybridized carbons (Fsp3) is 1.00. The van der Waals surface area contributed by atoms with Crippen molar-refractivity contribution >= 4 is 0 Å². The van der Waals surface area contributed by atoms with Gasteiger partial charge in [0.05, 0.1) is 6.10 Å². The molecule has 1 aliphatic carbocycles. The van der Waals surface area contributed by atoms with Crippen molar-refractivity contribution in [1.29, 1.82) is 0 Å². The summed E-state index contributed by atoms with van der Waals surface area (Å²) in [7, 11) is 0. The number of rotatable bonds is 4. The van der Waals surface area contributed by atoms with Gasteiger partial charge < -0.3 is 10.5 Å². The molecule has 0 aromatic carbocycles. The Morgan fingerprint density at radius 3 is 2.81 bits per heavy atom. The maximum Gasteiger partial charge on any atom is 0.0576 e. The van der Waals surface area contributed by atoms with Gasteiger partial charge in [0.15, 0.2) is 0 Å². The van der Waals surface area contributed by atoms with Gasteiger partial charge in [-0.05, 0) is 56.8 Å². The van der Waals surface area contributed by atoms with E-state index < -0.39 is 0 Å². The second-order valence-electron chi connectivity index (χ2n) is 5.91. The van der Waals surface area contributed by atoms with E-state index in [0.717, 1.165) is 18.4 Å². The van der Waals surface area contributed by atoms with E-state index in [4.69, 9.17) is 10.5 Å². The number of ether oxygens (including phenoxy) is 1. The van der Waals surface area contributed by atoms with Crippen LogP contribution in [0.25, 0.3) is 0 Å². The van der Waals surface area contributed by atoms with Gasteiger partial charge >= 0.3 is 0 Å². The van der Waals surface area contributed by atoms with Crippen molar-refractivity contribution in [2.24, 2.45) is 17.6 Å². The fourth-order valence-electron chi connectivity index (χ4n) is 3.33. The van der Waals surface area contributed by atoms with Crippen molar-refractivity contribution < 1.29 is 4.74 Å². The Balaban J connectivity index is 1.63. The van der Waals surface area contributed by atoms with Gasteiger partial charge in [-0.1, -0.05) is 13.3 Å². The predicted molar refractivity (Wildman–Crippen MR) is 67.3 cm³/mol. The third kappa shape index (κ3) is 3.46. The molecule has 0 amide bonds. The van der Waals surface area contributed by atoms with Crippen molar-refractivity contribution in [3.05, 3.63) is 0 Å². The van der Waals surface area contributed by atoms with E-state index in [2.05, 4.69) is 6.92 Å². The van der Waals surface area contributed by atoms with Gasteiger partial charge in [0.25, 0.3) is 0 Å². The van der Waals surface area contributed by atoms with E-state index in [1.807, 2.05) is 0 Å². The molecular formula is C14H27NO. The van der Waals surface area contributed by atoms with Crippen molar-refractivity contribution in [3.8, 4) is 0 Å². The first kappa shape index (κ1) is 12.4. The number of nitrogens with two attached hydrogens (primary N) is 1. The highest BCUT2D eigenvalue weighted by Gasteiger charge is 2.25. The van der Waals surface area contributed by atoms with Gasteiger partial charge in [-0.2, -0.15) is 0 Å². The molecule has 16 heavy (non-hydrogen) atoms. The van der Waals surface area contributed by atoms with E-state index in [0.29, 0.717) is 12.1 Å². The summed E-state index contributed by atoms with van der Waals surface area (Å²) >= 11 is 0. The van der Waals surface area contributed by atoms with E-state index in [1.165, 1.54) is 51.4 Å². The topological polar surface area (TPSA) is 35.2 Å². The van der Waals surface area contributed by atoms with Crippen molar-refractivity contribution in [1.82, 2.24) is 0 Å². The molecular weight excluding hydrogens is 198 g/mol. The normalized spacial score (nSPS) is 40.1. The fourth-order valence-corrected chi connectivity index (χ4v) is 3.33. The average Bonchev–Trinajstić information content (AvgIpc) is 2.76. The van der Waals surface area contributed by atoms with Gasteiger partial charge in [-0.25, -0.2) is 0 Å². The number of hydrogen-bond donors (Lipinski definition) is 1. The SMILES string of the molecule is CC1CCC(N)C(CCCC2CCCO2)C1. The first-order chi connectivity index (χ1) is 7.75. The Kier molecular flexibility index (Phi) is 4.66. The summed E-state index contributed by atoms with van der Waals surface area (Å²) in [4.78, 5) is 0. The lowest BCUT2D eigenvalue weighted by molar-refractivity contribution is 0.0987. The zero-order valence-corrected chi connectivity index (χ0v) is 10.7. The van der Waals surface area contributed by atoms with Crippen LogP contribution in [0.15, 0.2) is 0 Å². The molecule has 1 saturated carbocycles. The van der Waals surface area contributed by atoms with Crippen LogP contribution >= 0.6 is 0 Å². The summed E-state index contributed by atoms with van der Waals surface area (Å²) < 4.78 is 5.66. The van der Waals surface area contributed by atoms with E-state index in [1.54, 1.807) is 0 Å². The van der Waals surface area contributed by atoms with E-state index in [9.17, 15) is 0 Å². The first-order valence-electron chi connectivity index (χ1n) is 7.13. The molecule has 2 nitrogen and oxygen atoms in total. The zero-order valence-electron chi connectivity index (χ0n) is 10.7. The highest BCUT2D eigenvalue weighted by atomic mass is 16.5. The highest BCUT2D eigenvalue weighted by Crippen LogP contribution is 2.31. The lowest BCUT2D eigenvalue weighted by Gasteiger charge is -2.32. The maximum atomic E-state index is 6.20. The smallest absolute Gasteiger partial charge is 0.0576 e. The van der Waals surface area contributed by atoms with Crippen LogP contribution in [0.1, 0.15) is 58.3 Å². The molecule has 94 valence electrons. The molecule has 2 fully saturated rings. The van der Waals surface area contributed by atoms with Crippen LogP contribution in [0.5, 0.6) is 0 Å². The van der Waals surface area contributed by atoms with Gasteiger partial charge in [-0.15, -0.1) is 0 Å². The van der Waals surface area contributed by atoms with Crippen molar-refractivity contribution in [2.75, 3.05) is 6.61 Å². The van der Waals surface area contributed by atoms with Gasteiger partial charge in [0.1, 0.15) is 0 Å². The van der Waals surface area contributed by atoms with E-state index in [-0.39, 0.29) is 0 Å². The summed E-state index contributed by atoms with van der Waals surface area (Å²) in [6.07, 6.45) is 11.0. The molecule has 0 bridgehead atoms. The maximum absolute atomic E-state index is 6.20. The molecule has 2 heteroatoms. The molecule has 0 radical (unpaired) electrons. The Morgan fingerprint density at radius 1 is 1.19 bits per heavy atom. The summed E-state index contributed by atoms with van der Waals surface area (Å²) in [5.41, 5.74) is 6.20. The first-order valence-corrected chi connectivity index (χ1v) is 7.13. The van der Waals surface area contributed by atoms with Gasteiger partial charge in [0.2, 0.25) is 0 Å². The lowest BCUT2D eigenvalue weighted by Crippen LogP contribution is -2.35. The minimum Gasteiger partial charge on any atom is -0.378 e. The molecule has 1 saturated heterocycles. The van der Waals surface area contributed by atoms with Crippen LogP contribution < -0.4 is 5.73 Å². The summed E-state index contributed by atoms with van der Waals surface area (Å²) in [5.74, 6) is 1.68. The molecule has 4 unspecified atom stereocenters. The highest BCUT2D eigenvalue weighted by molar-refractivity contribution is 4.81. The largest absolute Gasteiger partial charge is 0.378 e. The Labute approximate surface area is 99.9 Å². The number of hydrogen-bond acceptors (Lipinski definition) is 2. The predicted octanol–water partition coefficient (Wildman–Crippen LogP) is 3.10. The van der Waals surface area contributed by atoms with Crippen LogP contribution in [-0.4, -0.2) is 18.8 Å². The quantitative estimate of drug-likeness (QED) is 0.798. The second kappa shape index (κ2) is 6.02. The van der Waals surface area contributed by atoms with Crippen molar-refractivity contribution in [3.63, 3.8) is 0 Å². The molecule has 2 aliphatic rings. The van der Waals surface area contributed by atoms with Gasteiger partial charge in [-0.3, -0.25) is 0 Å². The van der Waals surface area contributed by atoms with Crippen LogP contribution in [0.2, 0.25) is 0 Å². The van der Waals surface area contributed by atoms with Crippen LogP contribution in [0, 0.1) is 11.8 Å². The molecule has 1 heterocycles. The Morgan fingerprint density at radius 2 is 2.06 bits per heavy atom. The van der Waals surface area contributed by atoms with Crippen LogP contribution in [0.3, 0.4) is 0 Å². The average molecular weight is 225 g/mol. The monoisotopic (exact) mass is 225 g/mol. The second-order valence-corrected chi connectivity index (χ2v) is 5.91. The molecule has 0 spiro atoms. The third-order valence-electron chi connectivity index (χ3n) is 4.43. The van der Waals surface area contributed by atoms with Gasteiger partial charge in [0, 0.05) is 12.6 Å². The lowest BCUT2D eigenvalue weighted by atomic mass is 9.77. The molecule has 0 aromatic rings. The van der Waals surface area contributed by atoms with Crippen molar-refractivity contribution in [2.45, 2.75) is 70.4 Å². The molecule has 2 N–H and O–H groups in total. The molecule has 1 aliphatic heterocycles. The summed E-state index contributed by atoms with van der Waals surface area (Å²) in [6.45, 7) is 3.36. The zero-order chi connectivity index (χ0) is 11.4. The standard InChI is InChI=1S/C14H27NO/c1-11-7-8-14(15)12(10-11)4-2-5-13-6-3-9-16-13/h11-14H,2-10,15H2,1H3. The Hall–Kier alpha value is -0.0800. The van der Waals surface area contributed by atoms with Crippen LogP contribution in [-0.2, 0) is 4.74 Å². The van der Waals surface area contributed by atoms with Crippen LogP contribution in [0.4, 0.5) is 0 Å². The molecule has 2 rings (SSSR count). The molecule has 0 aromatic heterocycles. The molecule has 4 atom stereocenters. The minimum atomic E-state index is 0.473. The van der Waals surface area contributed by atoms with E-state index >= 15 is 0 Å². The Bertz CT molecular complexity index is 201. The minimum absolute atomic E-state index is 0.473. The summed E-state index contributed by atoms with van der Waals surface area (Å²) in [5, 5.41) is 0. The summed E-state index contributed by atoms with van der Waals surface area (Å²) in [6, 6.07) is 0.473. The third-order valence-corrected chi connectivity index (χ3v) is 4.43.